The van der Waals surface area contributed by atoms with E-state index in [0.717, 1.165) is 19.3 Å². The summed E-state index contributed by atoms with van der Waals surface area (Å²) in [5, 5.41) is 0. The summed E-state index contributed by atoms with van der Waals surface area (Å²) in [6, 6.07) is 19.6. The zero-order valence-electron chi connectivity index (χ0n) is 20.9. The lowest BCUT2D eigenvalue weighted by Gasteiger charge is -2.13. The van der Waals surface area contributed by atoms with E-state index < -0.39 is 10.1 Å². The first-order valence-corrected chi connectivity index (χ1v) is 14.0. The van der Waals surface area contributed by atoms with Crippen molar-refractivity contribution in [2.75, 3.05) is 6.61 Å². The average Bonchev–Trinajstić information content (AvgIpc) is 2.93. The molecule has 0 aliphatic heterocycles. The Morgan fingerprint density at radius 2 is 1.35 bits per heavy atom. The topological polar surface area (TPSA) is 102 Å². The Labute approximate surface area is 218 Å². The summed E-state index contributed by atoms with van der Waals surface area (Å²) in [6.45, 7) is 2.56. The van der Waals surface area contributed by atoms with Gasteiger partial charge in [0.2, 0.25) is 0 Å². The second-order valence-corrected chi connectivity index (χ2v) is 10.2. The van der Waals surface area contributed by atoms with Gasteiger partial charge in [0.25, 0.3) is 10.1 Å². The van der Waals surface area contributed by atoms with Crippen molar-refractivity contribution >= 4 is 10.1 Å². The third-order valence-corrected chi connectivity index (χ3v) is 6.87. The number of pyridine rings is 3. The van der Waals surface area contributed by atoms with Gasteiger partial charge >= 0.3 is 0 Å². The van der Waals surface area contributed by atoms with Crippen molar-refractivity contribution in [3.8, 4) is 39.7 Å². The fourth-order valence-electron chi connectivity index (χ4n) is 4.06. The van der Waals surface area contributed by atoms with Crippen LogP contribution in [0, 0.1) is 0 Å². The fraction of sp³-hybridized carbons (Fsp3) is 0.276. The Morgan fingerprint density at radius 1 is 0.730 bits per heavy atom. The summed E-state index contributed by atoms with van der Waals surface area (Å²) in [4.78, 5) is 13.3. The summed E-state index contributed by atoms with van der Waals surface area (Å²) in [6.07, 6.45) is 9.94. The van der Waals surface area contributed by atoms with Crippen molar-refractivity contribution in [3.05, 3.63) is 79.1 Å². The van der Waals surface area contributed by atoms with Crippen LogP contribution in [0.5, 0.6) is 5.75 Å². The van der Waals surface area contributed by atoms with E-state index in [0.29, 0.717) is 40.5 Å². The summed E-state index contributed by atoms with van der Waals surface area (Å²) < 4.78 is 40.3. The van der Waals surface area contributed by atoms with Gasteiger partial charge in [-0.1, -0.05) is 57.2 Å². The van der Waals surface area contributed by atoms with E-state index in [2.05, 4.69) is 16.9 Å². The standard InChI is InChI=1S/C29H31N3O4S/c1-2-3-4-5-6-11-18-36-28-15-14-22(21-29(28)37(33,34)35)23-19-26(24-12-7-9-16-30-24)32-27(20-23)25-13-8-10-17-31-25/h7-10,12-17,19-21H,2-6,11,18H2,1H3,(H,33,34,35). The molecule has 192 valence electrons. The Balaban J connectivity index is 1.67. The number of rotatable bonds is 12. The normalized spacial score (nSPS) is 11.4. The molecule has 1 N–H and O–H groups in total. The maximum atomic E-state index is 12.3. The Morgan fingerprint density at radius 3 is 1.92 bits per heavy atom. The molecule has 0 radical (unpaired) electrons. The molecule has 4 rings (SSSR count). The van der Waals surface area contributed by atoms with E-state index >= 15 is 0 Å². The number of nitrogens with zero attached hydrogens (tertiary/aromatic N) is 3. The van der Waals surface area contributed by atoms with Crippen LogP contribution in [-0.4, -0.2) is 34.5 Å². The molecule has 0 fully saturated rings. The molecular formula is C29H31N3O4S. The molecule has 0 saturated carbocycles. The lowest BCUT2D eigenvalue weighted by atomic mass is 10.0. The molecule has 3 aromatic heterocycles. The van der Waals surface area contributed by atoms with Gasteiger partial charge in [-0.2, -0.15) is 8.42 Å². The minimum absolute atomic E-state index is 0.142. The van der Waals surface area contributed by atoms with Crippen LogP contribution >= 0.6 is 0 Å². The maximum Gasteiger partial charge on any atom is 0.298 e. The van der Waals surface area contributed by atoms with Gasteiger partial charge in [-0.25, -0.2) is 4.98 Å². The molecule has 4 aromatic rings. The zero-order chi connectivity index (χ0) is 26.1. The molecular weight excluding hydrogens is 486 g/mol. The lowest BCUT2D eigenvalue weighted by Crippen LogP contribution is -2.05. The van der Waals surface area contributed by atoms with Crippen molar-refractivity contribution < 1.29 is 17.7 Å². The van der Waals surface area contributed by atoms with Crippen LogP contribution in [0.25, 0.3) is 33.9 Å². The van der Waals surface area contributed by atoms with Crippen molar-refractivity contribution in [2.45, 2.75) is 50.3 Å². The van der Waals surface area contributed by atoms with Gasteiger partial charge in [-0.05, 0) is 66.1 Å². The zero-order valence-corrected chi connectivity index (χ0v) is 21.7. The molecule has 0 aliphatic rings. The smallest absolute Gasteiger partial charge is 0.298 e. The van der Waals surface area contributed by atoms with Crippen molar-refractivity contribution in [1.29, 1.82) is 0 Å². The number of aromatic nitrogens is 3. The van der Waals surface area contributed by atoms with Gasteiger partial charge in [0, 0.05) is 12.4 Å². The number of ether oxygens (including phenoxy) is 1. The van der Waals surface area contributed by atoms with Gasteiger partial charge in [0.1, 0.15) is 10.6 Å². The first-order chi connectivity index (χ1) is 18.0. The summed E-state index contributed by atoms with van der Waals surface area (Å²) in [5.74, 6) is 0.142. The molecule has 37 heavy (non-hydrogen) atoms. The Kier molecular flexibility index (Phi) is 8.98. The molecule has 7 nitrogen and oxygen atoms in total. The molecule has 0 saturated heterocycles. The SMILES string of the molecule is CCCCCCCCOc1ccc(-c2cc(-c3ccccn3)nc(-c3ccccn3)c2)cc1S(=O)(=O)O. The van der Waals surface area contributed by atoms with Gasteiger partial charge in [0.05, 0.1) is 29.4 Å². The highest BCUT2D eigenvalue weighted by molar-refractivity contribution is 7.86. The molecule has 0 spiro atoms. The van der Waals surface area contributed by atoms with Crippen LogP contribution in [0.1, 0.15) is 45.4 Å². The molecule has 3 heterocycles. The van der Waals surface area contributed by atoms with E-state index in [-0.39, 0.29) is 10.6 Å². The Hall–Kier alpha value is -3.62. The first kappa shape index (κ1) is 26.4. The molecule has 0 bridgehead atoms. The van der Waals surface area contributed by atoms with E-state index in [1.807, 2.05) is 48.5 Å². The van der Waals surface area contributed by atoms with Crippen molar-refractivity contribution in [1.82, 2.24) is 15.0 Å². The van der Waals surface area contributed by atoms with Crippen LogP contribution in [0.3, 0.4) is 0 Å². The molecule has 1 aromatic carbocycles. The van der Waals surface area contributed by atoms with Crippen molar-refractivity contribution in [3.63, 3.8) is 0 Å². The number of unbranched alkanes of at least 4 members (excludes halogenated alkanes) is 5. The van der Waals surface area contributed by atoms with Gasteiger partial charge in [-0.15, -0.1) is 0 Å². The molecule has 0 atom stereocenters. The quantitative estimate of drug-likeness (QED) is 0.162. The highest BCUT2D eigenvalue weighted by Crippen LogP contribution is 2.33. The van der Waals surface area contributed by atoms with E-state index in [1.165, 1.54) is 25.3 Å². The predicted molar refractivity (Wildman–Crippen MR) is 145 cm³/mol. The third kappa shape index (κ3) is 7.21. The van der Waals surface area contributed by atoms with E-state index in [1.54, 1.807) is 24.5 Å². The van der Waals surface area contributed by atoms with Crippen LogP contribution < -0.4 is 4.74 Å². The van der Waals surface area contributed by atoms with Crippen LogP contribution in [0.2, 0.25) is 0 Å². The van der Waals surface area contributed by atoms with Gasteiger partial charge in [0.15, 0.2) is 0 Å². The summed E-state index contributed by atoms with van der Waals surface area (Å²) in [5.41, 5.74) is 3.90. The minimum atomic E-state index is -4.51. The fourth-order valence-corrected chi connectivity index (χ4v) is 4.72. The largest absolute Gasteiger partial charge is 0.492 e. The monoisotopic (exact) mass is 517 g/mol. The van der Waals surface area contributed by atoms with Gasteiger partial charge < -0.3 is 4.74 Å². The minimum Gasteiger partial charge on any atom is -0.492 e. The average molecular weight is 518 g/mol. The molecule has 0 amide bonds. The highest BCUT2D eigenvalue weighted by Gasteiger charge is 2.19. The molecule has 0 unspecified atom stereocenters. The highest BCUT2D eigenvalue weighted by atomic mass is 32.2. The number of benzene rings is 1. The predicted octanol–water partition coefficient (Wildman–Crippen LogP) is 6.86. The van der Waals surface area contributed by atoms with Crippen LogP contribution in [-0.2, 0) is 10.1 Å². The Bertz CT molecular complexity index is 1350. The van der Waals surface area contributed by atoms with Crippen LogP contribution in [0.4, 0.5) is 0 Å². The second-order valence-electron chi connectivity index (χ2n) is 8.81. The third-order valence-electron chi connectivity index (χ3n) is 5.99. The second kappa shape index (κ2) is 12.6. The molecule has 8 heteroatoms. The number of hydrogen-bond acceptors (Lipinski definition) is 6. The van der Waals surface area contributed by atoms with Crippen LogP contribution in [0.15, 0.2) is 84.0 Å². The number of hydrogen-bond donors (Lipinski definition) is 1. The van der Waals surface area contributed by atoms with E-state index in [9.17, 15) is 13.0 Å². The van der Waals surface area contributed by atoms with Crippen molar-refractivity contribution in [2.24, 2.45) is 0 Å². The van der Waals surface area contributed by atoms with Gasteiger partial charge in [-0.3, -0.25) is 14.5 Å². The first-order valence-electron chi connectivity index (χ1n) is 12.6. The molecule has 0 aliphatic carbocycles. The maximum absolute atomic E-state index is 12.3. The summed E-state index contributed by atoms with van der Waals surface area (Å²) >= 11 is 0. The lowest BCUT2D eigenvalue weighted by molar-refractivity contribution is 0.296. The van der Waals surface area contributed by atoms with E-state index in [4.69, 9.17) is 9.72 Å². The summed E-state index contributed by atoms with van der Waals surface area (Å²) in [7, 11) is -4.51.